The highest BCUT2D eigenvalue weighted by molar-refractivity contribution is 9.10. The Bertz CT molecular complexity index is 1010. The van der Waals surface area contributed by atoms with Crippen LogP contribution >= 0.6 is 28.1 Å². The first-order chi connectivity index (χ1) is 15.4. The third kappa shape index (κ3) is 7.31. The number of sulfonamides is 1. The number of hydrogen-bond donors (Lipinski definition) is 3. The number of morpholine rings is 1. The van der Waals surface area contributed by atoms with Gasteiger partial charge >= 0.3 is 0 Å². The lowest BCUT2D eigenvalue weighted by atomic mass is 10.3. The summed E-state index contributed by atoms with van der Waals surface area (Å²) in [6.45, 7) is 7.21. The zero-order valence-corrected chi connectivity index (χ0v) is 21.0. The van der Waals surface area contributed by atoms with E-state index in [1.165, 1.54) is 6.07 Å². The van der Waals surface area contributed by atoms with E-state index < -0.39 is 10.0 Å². The van der Waals surface area contributed by atoms with Crippen molar-refractivity contribution in [2.75, 3.05) is 56.0 Å². The molecule has 0 amide bonds. The first kappa shape index (κ1) is 24.7. The minimum absolute atomic E-state index is 0.0709. The molecule has 0 bridgehead atoms. The van der Waals surface area contributed by atoms with E-state index in [4.69, 9.17) is 21.7 Å². The second kappa shape index (κ2) is 11.8. The number of thiocarbonyl (C=S) groups is 1. The normalized spacial score (nSPS) is 14.6. The van der Waals surface area contributed by atoms with Gasteiger partial charge in [0.25, 0.3) is 10.0 Å². The van der Waals surface area contributed by atoms with E-state index >= 15 is 0 Å². The van der Waals surface area contributed by atoms with Crippen LogP contribution in [0.2, 0.25) is 0 Å². The fourth-order valence-corrected chi connectivity index (χ4v) is 5.09. The van der Waals surface area contributed by atoms with Crippen molar-refractivity contribution in [3.05, 3.63) is 46.9 Å². The first-order valence-corrected chi connectivity index (χ1v) is 13.0. The molecule has 174 valence electrons. The van der Waals surface area contributed by atoms with E-state index in [0.717, 1.165) is 45.1 Å². The molecule has 3 rings (SSSR count). The summed E-state index contributed by atoms with van der Waals surface area (Å²) in [5.74, 6) is 0.301. The summed E-state index contributed by atoms with van der Waals surface area (Å²) in [5.41, 5.74) is 1.19. The molecule has 0 aromatic heterocycles. The molecule has 1 aliphatic rings. The van der Waals surface area contributed by atoms with Crippen molar-refractivity contribution in [3.63, 3.8) is 0 Å². The van der Waals surface area contributed by atoms with Crippen LogP contribution in [0.25, 0.3) is 0 Å². The van der Waals surface area contributed by atoms with Crippen LogP contribution < -0.4 is 20.1 Å². The van der Waals surface area contributed by atoms with Gasteiger partial charge in [-0.1, -0.05) is 15.9 Å². The van der Waals surface area contributed by atoms with Gasteiger partial charge in [0.05, 0.1) is 19.8 Å². The minimum Gasteiger partial charge on any atom is -0.492 e. The lowest BCUT2D eigenvalue weighted by molar-refractivity contribution is 0.0389. The maximum Gasteiger partial charge on any atom is 0.265 e. The Labute approximate surface area is 202 Å². The van der Waals surface area contributed by atoms with E-state index in [-0.39, 0.29) is 4.90 Å². The molecular weight excluding hydrogens is 516 g/mol. The van der Waals surface area contributed by atoms with Crippen LogP contribution in [-0.4, -0.2) is 64.4 Å². The van der Waals surface area contributed by atoms with Crippen molar-refractivity contribution in [1.29, 1.82) is 0 Å². The molecular formula is C21H27BrN4O4S2. The number of rotatable bonds is 9. The number of benzene rings is 2. The van der Waals surface area contributed by atoms with Gasteiger partial charge in [-0.15, -0.1) is 0 Å². The van der Waals surface area contributed by atoms with Crippen LogP contribution in [0.15, 0.2) is 51.8 Å². The molecule has 0 saturated carbocycles. The van der Waals surface area contributed by atoms with Crippen molar-refractivity contribution < 1.29 is 17.9 Å². The topological polar surface area (TPSA) is 91.9 Å². The first-order valence-electron chi connectivity index (χ1n) is 10.3. The van der Waals surface area contributed by atoms with Crippen LogP contribution in [0.4, 0.5) is 11.4 Å². The van der Waals surface area contributed by atoms with E-state index in [1.54, 1.807) is 43.3 Å². The summed E-state index contributed by atoms with van der Waals surface area (Å²) in [4.78, 5) is 2.39. The van der Waals surface area contributed by atoms with Crippen LogP contribution in [0, 0.1) is 0 Å². The molecule has 1 fully saturated rings. The summed E-state index contributed by atoms with van der Waals surface area (Å²) in [7, 11) is -3.82. The Kier molecular flexibility index (Phi) is 9.11. The van der Waals surface area contributed by atoms with Crippen molar-refractivity contribution in [3.8, 4) is 5.75 Å². The second-order valence-corrected chi connectivity index (χ2v) is 10.0. The molecule has 2 aromatic carbocycles. The van der Waals surface area contributed by atoms with E-state index in [0.29, 0.717) is 27.6 Å². The molecule has 32 heavy (non-hydrogen) atoms. The molecule has 1 heterocycles. The molecule has 1 saturated heterocycles. The molecule has 0 aliphatic carbocycles. The maximum atomic E-state index is 12.9. The Balaban J connectivity index is 1.55. The summed E-state index contributed by atoms with van der Waals surface area (Å²) >= 11 is 8.66. The van der Waals surface area contributed by atoms with Gasteiger partial charge in [0.15, 0.2) is 5.11 Å². The highest BCUT2D eigenvalue weighted by atomic mass is 79.9. The second-order valence-electron chi connectivity index (χ2n) is 7.04. The Hall–Kier alpha value is -1.92. The van der Waals surface area contributed by atoms with Crippen molar-refractivity contribution in [2.45, 2.75) is 11.8 Å². The number of anilines is 2. The highest BCUT2D eigenvalue weighted by Gasteiger charge is 2.20. The third-order valence-electron chi connectivity index (χ3n) is 4.71. The van der Waals surface area contributed by atoms with Crippen LogP contribution in [0.3, 0.4) is 0 Å². The van der Waals surface area contributed by atoms with Crippen molar-refractivity contribution in [1.82, 2.24) is 10.2 Å². The molecule has 0 atom stereocenters. The van der Waals surface area contributed by atoms with Gasteiger partial charge in [0, 0.05) is 42.0 Å². The van der Waals surface area contributed by atoms with Crippen LogP contribution in [0.5, 0.6) is 5.75 Å². The van der Waals surface area contributed by atoms with E-state index in [9.17, 15) is 8.42 Å². The van der Waals surface area contributed by atoms with Crippen LogP contribution in [-0.2, 0) is 14.8 Å². The molecule has 1 aliphatic heterocycles. The van der Waals surface area contributed by atoms with Gasteiger partial charge in [-0.05, 0) is 61.6 Å². The number of nitrogens with zero attached hydrogens (tertiary/aromatic N) is 1. The molecule has 2 aromatic rings. The van der Waals surface area contributed by atoms with Crippen LogP contribution in [0.1, 0.15) is 6.92 Å². The molecule has 0 radical (unpaired) electrons. The minimum atomic E-state index is -3.82. The standard InChI is InChI=1S/C21H27BrN4O4S2/c1-2-30-19-8-3-16(22)15-20(19)32(27,28)25-18-6-4-17(5-7-18)24-21(31)23-9-10-26-11-13-29-14-12-26/h3-8,15,25H,2,9-14H2,1H3,(H2,23,24,31). The predicted molar refractivity (Wildman–Crippen MR) is 134 cm³/mol. The fourth-order valence-electron chi connectivity index (χ4n) is 3.13. The van der Waals surface area contributed by atoms with Gasteiger partial charge in [-0.2, -0.15) is 0 Å². The molecule has 0 unspecified atom stereocenters. The lowest BCUT2D eigenvalue weighted by Crippen LogP contribution is -2.42. The molecule has 11 heteroatoms. The quantitative estimate of drug-likeness (QED) is 0.416. The smallest absolute Gasteiger partial charge is 0.265 e. The summed E-state index contributed by atoms with van der Waals surface area (Å²) in [6, 6.07) is 11.8. The summed E-state index contributed by atoms with van der Waals surface area (Å²) in [5, 5.41) is 6.81. The van der Waals surface area contributed by atoms with E-state index in [2.05, 4.69) is 36.2 Å². The maximum absolute atomic E-state index is 12.9. The summed E-state index contributed by atoms with van der Waals surface area (Å²) < 4.78 is 39.8. The van der Waals surface area contributed by atoms with Gasteiger partial charge in [0.2, 0.25) is 0 Å². The number of hydrogen-bond acceptors (Lipinski definition) is 6. The lowest BCUT2D eigenvalue weighted by Gasteiger charge is -2.26. The number of nitrogens with one attached hydrogen (secondary N) is 3. The van der Waals surface area contributed by atoms with Gasteiger partial charge in [-0.25, -0.2) is 8.42 Å². The average Bonchev–Trinajstić information content (AvgIpc) is 2.77. The zero-order valence-electron chi connectivity index (χ0n) is 17.8. The third-order valence-corrected chi connectivity index (χ3v) is 6.85. The largest absolute Gasteiger partial charge is 0.492 e. The summed E-state index contributed by atoms with van der Waals surface area (Å²) in [6.07, 6.45) is 0. The predicted octanol–water partition coefficient (Wildman–Crippen LogP) is 3.27. The molecule has 0 spiro atoms. The number of ether oxygens (including phenoxy) is 2. The fraction of sp³-hybridized carbons (Fsp3) is 0.381. The van der Waals surface area contributed by atoms with Crippen molar-refractivity contribution >= 4 is 54.7 Å². The average molecular weight is 544 g/mol. The van der Waals surface area contributed by atoms with Gasteiger partial charge < -0.3 is 20.1 Å². The Morgan fingerprint density at radius 2 is 1.84 bits per heavy atom. The monoisotopic (exact) mass is 542 g/mol. The Morgan fingerprint density at radius 1 is 1.16 bits per heavy atom. The molecule has 8 nitrogen and oxygen atoms in total. The van der Waals surface area contributed by atoms with Gasteiger partial charge in [0.1, 0.15) is 10.6 Å². The van der Waals surface area contributed by atoms with Gasteiger partial charge in [-0.3, -0.25) is 9.62 Å². The van der Waals surface area contributed by atoms with Crippen molar-refractivity contribution in [2.24, 2.45) is 0 Å². The SMILES string of the molecule is CCOc1ccc(Br)cc1S(=O)(=O)Nc1ccc(NC(=S)NCCN2CCOCC2)cc1. The Morgan fingerprint density at radius 3 is 2.53 bits per heavy atom. The highest BCUT2D eigenvalue weighted by Crippen LogP contribution is 2.29. The van der Waals surface area contributed by atoms with E-state index in [1.807, 2.05) is 0 Å². The zero-order chi connectivity index (χ0) is 23.0. The number of halogens is 1. The molecule has 3 N–H and O–H groups in total.